The number of ether oxygens (including phenoxy) is 2. The molecule has 0 radical (unpaired) electrons. The number of hydrogen-bond donors (Lipinski definition) is 2. The standard InChI is InChI=1S/C22H28N4O6/c1-15-12-19(25-32-15)24-20(27)9-10-22(29)26(17-7-3-4-8-18(17)30-2)14-21(28)23-13-16-6-5-11-31-16/h3-4,7-8,12,16H,5-6,9-11,13-14H2,1-2H3,(H,23,28)(H,24,25,27)/t16-/m0/s1. The Morgan fingerprint density at radius 2 is 2.03 bits per heavy atom. The number of para-hydroxylation sites is 2. The van der Waals surface area contributed by atoms with Gasteiger partial charge < -0.3 is 24.6 Å². The van der Waals surface area contributed by atoms with Crippen molar-refractivity contribution in [2.24, 2.45) is 0 Å². The van der Waals surface area contributed by atoms with Crippen molar-refractivity contribution in [3.8, 4) is 5.75 Å². The van der Waals surface area contributed by atoms with E-state index >= 15 is 0 Å². The number of carbonyl (C=O) groups excluding carboxylic acids is 3. The molecule has 1 saturated heterocycles. The maximum atomic E-state index is 13.0. The number of nitrogens with one attached hydrogen (secondary N) is 2. The molecule has 32 heavy (non-hydrogen) atoms. The summed E-state index contributed by atoms with van der Waals surface area (Å²) < 4.78 is 15.8. The van der Waals surface area contributed by atoms with Crippen molar-refractivity contribution in [1.29, 1.82) is 0 Å². The average Bonchev–Trinajstić information content (AvgIpc) is 3.46. The lowest BCUT2D eigenvalue weighted by atomic mass is 10.2. The fraction of sp³-hybridized carbons (Fsp3) is 0.455. The monoisotopic (exact) mass is 444 g/mol. The molecule has 2 heterocycles. The van der Waals surface area contributed by atoms with Crippen LogP contribution in [0.15, 0.2) is 34.9 Å². The first-order valence-electron chi connectivity index (χ1n) is 10.5. The number of anilines is 2. The average molecular weight is 444 g/mol. The Labute approximate surface area is 186 Å². The highest BCUT2D eigenvalue weighted by Crippen LogP contribution is 2.28. The van der Waals surface area contributed by atoms with Gasteiger partial charge in [-0.15, -0.1) is 0 Å². The van der Waals surface area contributed by atoms with Gasteiger partial charge >= 0.3 is 0 Å². The van der Waals surface area contributed by atoms with E-state index in [0.717, 1.165) is 12.8 Å². The van der Waals surface area contributed by atoms with Gasteiger partial charge in [0.15, 0.2) is 5.82 Å². The van der Waals surface area contributed by atoms with Crippen LogP contribution in [0.5, 0.6) is 5.75 Å². The molecule has 3 rings (SSSR count). The molecule has 3 amide bonds. The van der Waals surface area contributed by atoms with Crippen molar-refractivity contribution in [2.45, 2.75) is 38.7 Å². The number of aromatic nitrogens is 1. The summed E-state index contributed by atoms with van der Waals surface area (Å²) in [4.78, 5) is 39.1. The van der Waals surface area contributed by atoms with Crippen molar-refractivity contribution >= 4 is 29.2 Å². The molecule has 10 heteroatoms. The fourth-order valence-electron chi connectivity index (χ4n) is 3.38. The second-order valence-corrected chi connectivity index (χ2v) is 7.46. The van der Waals surface area contributed by atoms with Gasteiger partial charge in [0.2, 0.25) is 17.7 Å². The van der Waals surface area contributed by atoms with E-state index in [1.54, 1.807) is 37.3 Å². The van der Waals surface area contributed by atoms with E-state index in [-0.39, 0.29) is 49.0 Å². The number of amides is 3. The molecule has 0 saturated carbocycles. The zero-order valence-electron chi connectivity index (χ0n) is 18.3. The Morgan fingerprint density at radius 1 is 1.22 bits per heavy atom. The smallest absolute Gasteiger partial charge is 0.240 e. The molecule has 1 aromatic heterocycles. The van der Waals surface area contributed by atoms with Crippen LogP contribution in [0.25, 0.3) is 0 Å². The Hall–Kier alpha value is -3.40. The number of rotatable bonds is 10. The highest BCUT2D eigenvalue weighted by molar-refractivity contribution is 6.02. The van der Waals surface area contributed by atoms with Crippen LogP contribution in [0, 0.1) is 6.92 Å². The van der Waals surface area contributed by atoms with Crippen molar-refractivity contribution < 1.29 is 28.4 Å². The van der Waals surface area contributed by atoms with Crippen molar-refractivity contribution in [3.05, 3.63) is 36.1 Å². The summed E-state index contributed by atoms with van der Waals surface area (Å²) in [6, 6.07) is 8.51. The number of aryl methyl sites for hydroxylation is 1. The molecule has 172 valence electrons. The zero-order chi connectivity index (χ0) is 22.9. The van der Waals surface area contributed by atoms with Gasteiger partial charge in [-0.3, -0.25) is 19.3 Å². The third kappa shape index (κ3) is 6.55. The summed E-state index contributed by atoms with van der Waals surface area (Å²) in [5.41, 5.74) is 0.458. The van der Waals surface area contributed by atoms with Gasteiger partial charge in [-0.2, -0.15) is 0 Å². The number of nitrogens with zero attached hydrogens (tertiary/aromatic N) is 2. The van der Waals surface area contributed by atoms with Crippen LogP contribution < -0.4 is 20.3 Å². The second-order valence-electron chi connectivity index (χ2n) is 7.46. The number of carbonyl (C=O) groups is 3. The van der Waals surface area contributed by atoms with Crippen LogP contribution in [0.1, 0.15) is 31.4 Å². The third-order valence-corrected chi connectivity index (χ3v) is 4.99. The first-order valence-corrected chi connectivity index (χ1v) is 10.5. The van der Waals surface area contributed by atoms with Crippen LogP contribution in [0.2, 0.25) is 0 Å². The van der Waals surface area contributed by atoms with Gasteiger partial charge in [0.25, 0.3) is 0 Å². The van der Waals surface area contributed by atoms with Gasteiger partial charge in [-0.1, -0.05) is 17.3 Å². The van der Waals surface area contributed by atoms with E-state index in [9.17, 15) is 14.4 Å². The molecule has 0 unspecified atom stereocenters. The second kappa shape index (κ2) is 11.3. The van der Waals surface area contributed by atoms with Crippen LogP contribution in [-0.4, -0.2) is 55.8 Å². The molecule has 1 aliphatic heterocycles. The Balaban J connectivity index is 1.63. The van der Waals surface area contributed by atoms with Crippen LogP contribution in [-0.2, 0) is 19.1 Å². The van der Waals surface area contributed by atoms with Gasteiger partial charge in [0.05, 0.1) is 18.9 Å². The summed E-state index contributed by atoms with van der Waals surface area (Å²) in [7, 11) is 1.49. The van der Waals surface area contributed by atoms with Crippen molar-refractivity contribution in [2.75, 3.05) is 37.0 Å². The van der Waals surface area contributed by atoms with Crippen molar-refractivity contribution in [1.82, 2.24) is 10.5 Å². The molecule has 0 bridgehead atoms. The van der Waals surface area contributed by atoms with Gasteiger partial charge in [0, 0.05) is 32.1 Å². The molecule has 1 atom stereocenters. The van der Waals surface area contributed by atoms with Crippen LogP contribution >= 0.6 is 0 Å². The number of benzene rings is 1. The van der Waals surface area contributed by atoms with Gasteiger partial charge in [-0.25, -0.2) is 0 Å². The lowest BCUT2D eigenvalue weighted by molar-refractivity contribution is -0.125. The van der Waals surface area contributed by atoms with E-state index in [1.165, 1.54) is 12.0 Å². The molecular formula is C22H28N4O6. The highest BCUT2D eigenvalue weighted by atomic mass is 16.5. The minimum atomic E-state index is -0.381. The molecule has 1 fully saturated rings. The van der Waals surface area contributed by atoms with E-state index < -0.39 is 0 Å². The maximum Gasteiger partial charge on any atom is 0.240 e. The first kappa shape index (κ1) is 23.3. The third-order valence-electron chi connectivity index (χ3n) is 4.99. The summed E-state index contributed by atoms with van der Waals surface area (Å²) in [5.74, 6) is 0.225. The first-order chi connectivity index (χ1) is 15.5. The van der Waals surface area contributed by atoms with Crippen LogP contribution in [0.3, 0.4) is 0 Å². The predicted molar refractivity (Wildman–Crippen MR) is 116 cm³/mol. The van der Waals surface area contributed by atoms with Gasteiger partial charge in [0.1, 0.15) is 18.1 Å². The fourth-order valence-corrected chi connectivity index (χ4v) is 3.38. The minimum Gasteiger partial charge on any atom is -0.495 e. The predicted octanol–water partition coefficient (Wildman–Crippen LogP) is 2.04. The summed E-state index contributed by atoms with van der Waals surface area (Å²) in [6.45, 7) is 2.60. The van der Waals surface area contributed by atoms with Gasteiger partial charge in [-0.05, 0) is 31.9 Å². The molecule has 1 aromatic carbocycles. The van der Waals surface area contributed by atoms with Crippen LogP contribution in [0.4, 0.5) is 11.5 Å². The topological polar surface area (TPSA) is 123 Å². The maximum absolute atomic E-state index is 13.0. The van der Waals surface area contributed by atoms with E-state index in [1.807, 2.05) is 0 Å². The lowest BCUT2D eigenvalue weighted by Gasteiger charge is -2.24. The quantitative estimate of drug-likeness (QED) is 0.575. The van der Waals surface area contributed by atoms with E-state index in [4.69, 9.17) is 14.0 Å². The Morgan fingerprint density at radius 3 is 2.72 bits per heavy atom. The number of hydrogen-bond acceptors (Lipinski definition) is 7. The highest BCUT2D eigenvalue weighted by Gasteiger charge is 2.24. The van der Waals surface area contributed by atoms with E-state index in [0.29, 0.717) is 30.3 Å². The minimum absolute atomic E-state index is 0.00164. The van der Waals surface area contributed by atoms with E-state index in [2.05, 4.69) is 15.8 Å². The summed E-state index contributed by atoms with van der Waals surface area (Å²) in [5, 5.41) is 9.10. The number of methoxy groups -OCH3 is 1. The summed E-state index contributed by atoms with van der Waals surface area (Å²) in [6.07, 6.45) is 1.70. The zero-order valence-corrected chi connectivity index (χ0v) is 18.3. The molecule has 2 N–H and O–H groups in total. The molecule has 1 aliphatic rings. The molecule has 2 aromatic rings. The Kier molecular flexibility index (Phi) is 8.20. The molecule has 0 aliphatic carbocycles. The molecule has 0 spiro atoms. The molecule has 10 nitrogen and oxygen atoms in total. The normalized spacial score (nSPS) is 15.2. The Bertz CT molecular complexity index is 938. The lowest BCUT2D eigenvalue weighted by Crippen LogP contribution is -2.43. The van der Waals surface area contributed by atoms with Crippen molar-refractivity contribution in [3.63, 3.8) is 0 Å². The molecular weight excluding hydrogens is 416 g/mol. The largest absolute Gasteiger partial charge is 0.495 e. The SMILES string of the molecule is COc1ccccc1N(CC(=O)NC[C@@H]1CCCO1)C(=O)CCC(=O)Nc1cc(C)on1. The summed E-state index contributed by atoms with van der Waals surface area (Å²) >= 11 is 0.